The Morgan fingerprint density at radius 2 is 1.89 bits per heavy atom. The van der Waals surface area contributed by atoms with Gasteiger partial charge in [-0.25, -0.2) is 9.18 Å². The van der Waals surface area contributed by atoms with E-state index in [-0.39, 0.29) is 30.3 Å². The number of anilines is 2. The first kappa shape index (κ1) is 25.4. The highest BCUT2D eigenvalue weighted by Gasteiger charge is 2.40. The smallest absolute Gasteiger partial charge is 0.322 e. The minimum atomic E-state index is -0.886. The minimum absolute atomic E-state index is 0.0734. The number of ether oxygens (including phenoxy) is 1. The predicted molar refractivity (Wildman–Crippen MR) is 142 cm³/mol. The van der Waals surface area contributed by atoms with Crippen LogP contribution in [0.15, 0.2) is 78.0 Å². The number of carbonyl (C=O) groups is 2. The maximum atomic E-state index is 15.1. The summed E-state index contributed by atoms with van der Waals surface area (Å²) in [5.41, 5.74) is 0.422. The Bertz CT molecular complexity index is 1580. The van der Waals surface area contributed by atoms with Crippen LogP contribution < -0.4 is 16.2 Å². The topological polar surface area (TPSA) is 106 Å². The summed E-state index contributed by atoms with van der Waals surface area (Å²) < 4.78 is 21.8. The van der Waals surface area contributed by atoms with E-state index in [1.807, 2.05) is 0 Å². The van der Waals surface area contributed by atoms with Crippen LogP contribution >= 0.6 is 11.6 Å². The molecule has 3 amide bonds. The molecule has 0 unspecified atom stereocenters. The van der Waals surface area contributed by atoms with E-state index >= 15 is 4.39 Å². The first-order chi connectivity index (χ1) is 18.3. The van der Waals surface area contributed by atoms with E-state index in [9.17, 15) is 14.4 Å². The van der Waals surface area contributed by atoms with Crippen LogP contribution in [0, 0.1) is 5.82 Å². The lowest BCUT2D eigenvalue weighted by Gasteiger charge is -2.24. The van der Waals surface area contributed by atoms with Crippen LogP contribution in [-0.2, 0) is 9.53 Å². The Labute approximate surface area is 221 Å². The van der Waals surface area contributed by atoms with E-state index in [0.29, 0.717) is 27.2 Å². The van der Waals surface area contributed by atoms with E-state index in [1.54, 1.807) is 48.8 Å². The van der Waals surface area contributed by atoms with Crippen molar-refractivity contribution in [3.63, 3.8) is 0 Å². The highest BCUT2D eigenvalue weighted by Crippen LogP contribution is 2.25. The third kappa shape index (κ3) is 5.09. The number of pyridine rings is 2. The molecule has 38 heavy (non-hydrogen) atoms. The molecule has 2 N–H and O–H groups in total. The van der Waals surface area contributed by atoms with Crippen molar-refractivity contribution >= 4 is 45.7 Å². The molecule has 0 bridgehead atoms. The number of methoxy groups -OCH3 is 1. The maximum Gasteiger partial charge on any atom is 0.322 e. The zero-order valence-corrected chi connectivity index (χ0v) is 21.0. The number of carbonyl (C=O) groups excluding carboxylic acids is 2. The van der Waals surface area contributed by atoms with Gasteiger partial charge in [-0.2, -0.15) is 0 Å². The number of nitrogens with zero attached hydrogens (tertiary/aromatic N) is 3. The SMILES string of the molecule is CO[C@@H]1C[C@H](C(=O)Nc2ccc(-n3ccc4cnccc4c3=O)cc2F)N(C(=O)Nc2ccc(Cl)cc2)C1. The second kappa shape index (κ2) is 10.6. The fourth-order valence-electron chi connectivity index (χ4n) is 4.43. The average molecular weight is 536 g/mol. The second-order valence-corrected chi connectivity index (χ2v) is 9.24. The molecule has 0 radical (unpaired) electrons. The Morgan fingerprint density at radius 3 is 2.63 bits per heavy atom. The summed E-state index contributed by atoms with van der Waals surface area (Å²) in [5.74, 6) is -1.28. The zero-order valence-electron chi connectivity index (χ0n) is 20.2. The van der Waals surface area contributed by atoms with Gasteiger partial charge in [0.05, 0.1) is 22.9 Å². The van der Waals surface area contributed by atoms with Gasteiger partial charge < -0.3 is 20.3 Å². The third-order valence-electron chi connectivity index (χ3n) is 6.45. The van der Waals surface area contributed by atoms with Crippen molar-refractivity contribution in [1.29, 1.82) is 0 Å². The highest BCUT2D eigenvalue weighted by atomic mass is 35.5. The molecule has 9 nitrogen and oxygen atoms in total. The molecule has 0 aliphatic carbocycles. The van der Waals surface area contributed by atoms with Gasteiger partial charge in [0.25, 0.3) is 5.56 Å². The molecule has 2 atom stereocenters. The van der Waals surface area contributed by atoms with Gasteiger partial charge in [-0.1, -0.05) is 11.6 Å². The standard InChI is InChI=1S/C27H23ClFN5O4/c1-38-20-13-24(34(15-20)27(37)31-18-4-2-17(28)3-5-18)25(35)32-23-7-6-19(12-22(23)29)33-11-9-16-14-30-10-8-21(16)26(33)36/h2-12,14,20,24H,13,15H2,1H3,(H,31,37)(H,32,35)/t20-,24-/m1/s1. The highest BCUT2D eigenvalue weighted by molar-refractivity contribution is 6.30. The number of halogens is 2. The van der Waals surface area contributed by atoms with Gasteiger partial charge in [-0.3, -0.25) is 19.1 Å². The van der Waals surface area contributed by atoms with Crippen LogP contribution in [0.1, 0.15) is 6.42 Å². The summed E-state index contributed by atoms with van der Waals surface area (Å²) in [6.45, 7) is 0.190. The van der Waals surface area contributed by atoms with Gasteiger partial charge >= 0.3 is 6.03 Å². The number of likely N-dealkylation sites (tertiary alicyclic amines) is 1. The molecule has 194 valence electrons. The summed E-state index contributed by atoms with van der Waals surface area (Å²) in [4.78, 5) is 44.3. The number of aromatic nitrogens is 2. The Kier molecular flexibility index (Phi) is 7.08. The largest absolute Gasteiger partial charge is 0.380 e. The van der Waals surface area contributed by atoms with Gasteiger partial charge in [-0.05, 0) is 48.5 Å². The lowest BCUT2D eigenvalue weighted by Crippen LogP contribution is -2.45. The number of rotatable bonds is 5. The fraction of sp³-hybridized carbons (Fsp3) is 0.185. The molecule has 1 saturated heterocycles. The van der Waals surface area contributed by atoms with Gasteiger partial charge in [0, 0.05) is 60.8 Å². The summed E-state index contributed by atoms with van der Waals surface area (Å²) >= 11 is 5.90. The van der Waals surface area contributed by atoms with Gasteiger partial charge in [0.15, 0.2) is 0 Å². The normalized spacial score (nSPS) is 17.0. The van der Waals surface area contributed by atoms with E-state index < -0.39 is 23.8 Å². The molecule has 5 rings (SSSR count). The maximum absolute atomic E-state index is 15.1. The molecule has 2 aromatic heterocycles. The Hall–Kier alpha value is -4.28. The van der Waals surface area contributed by atoms with Crippen molar-refractivity contribution in [3.05, 3.63) is 94.4 Å². The number of benzene rings is 2. The van der Waals surface area contributed by atoms with Crippen LogP contribution in [0.2, 0.25) is 5.02 Å². The number of nitrogens with one attached hydrogen (secondary N) is 2. The first-order valence-electron chi connectivity index (χ1n) is 11.8. The molecule has 3 heterocycles. The average Bonchev–Trinajstić information content (AvgIpc) is 3.37. The number of fused-ring (bicyclic) bond motifs is 1. The lowest BCUT2D eigenvalue weighted by atomic mass is 10.1. The molecular weight excluding hydrogens is 513 g/mol. The van der Waals surface area contributed by atoms with E-state index in [2.05, 4.69) is 15.6 Å². The van der Waals surface area contributed by atoms with E-state index in [0.717, 1.165) is 0 Å². The molecule has 1 fully saturated rings. The lowest BCUT2D eigenvalue weighted by molar-refractivity contribution is -0.119. The molecule has 2 aromatic carbocycles. The fourth-order valence-corrected chi connectivity index (χ4v) is 4.56. The summed E-state index contributed by atoms with van der Waals surface area (Å²) in [7, 11) is 1.50. The second-order valence-electron chi connectivity index (χ2n) is 8.81. The van der Waals surface area contributed by atoms with Crippen LogP contribution in [-0.4, -0.2) is 52.2 Å². The van der Waals surface area contributed by atoms with Crippen LogP contribution in [0.5, 0.6) is 0 Å². The zero-order chi connectivity index (χ0) is 26.8. The molecule has 0 spiro atoms. The summed E-state index contributed by atoms with van der Waals surface area (Å²) in [6.07, 6.45) is 4.53. The third-order valence-corrected chi connectivity index (χ3v) is 6.70. The molecule has 1 aliphatic heterocycles. The molecular formula is C27H23ClFN5O4. The number of amides is 3. The number of hydrogen-bond donors (Lipinski definition) is 2. The first-order valence-corrected chi connectivity index (χ1v) is 12.1. The summed E-state index contributed by atoms with van der Waals surface area (Å²) in [6, 6.07) is 12.6. The van der Waals surface area contributed by atoms with Crippen molar-refractivity contribution in [2.24, 2.45) is 0 Å². The minimum Gasteiger partial charge on any atom is -0.380 e. The van der Waals surface area contributed by atoms with Gasteiger partial charge in [0.1, 0.15) is 11.9 Å². The van der Waals surface area contributed by atoms with E-state index in [1.165, 1.54) is 41.0 Å². The van der Waals surface area contributed by atoms with Gasteiger partial charge in [0.2, 0.25) is 5.91 Å². The van der Waals surface area contributed by atoms with Crippen LogP contribution in [0.3, 0.4) is 0 Å². The van der Waals surface area contributed by atoms with Crippen LogP contribution in [0.25, 0.3) is 16.5 Å². The molecule has 0 saturated carbocycles. The predicted octanol–water partition coefficient (Wildman–Crippen LogP) is 4.44. The number of urea groups is 1. The molecule has 4 aromatic rings. The number of hydrogen-bond acceptors (Lipinski definition) is 5. The van der Waals surface area contributed by atoms with Crippen molar-refractivity contribution in [2.75, 3.05) is 24.3 Å². The van der Waals surface area contributed by atoms with Crippen LogP contribution in [0.4, 0.5) is 20.6 Å². The summed E-state index contributed by atoms with van der Waals surface area (Å²) in [5, 5.41) is 6.96. The van der Waals surface area contributed by atoms with Crippen molar-refractivity contribution in [3.8, 4) is 5.69 Å². The van der Waals surface area contributed by atoms with Crippen molar-refractivity contribution in [2.45, 2.75) is 18.6 Å². The monoisotopic (exact) mass is 535 g/mol. The molecule has 11 heteroatoms. The van der Waals surface area contributed by atoms with Crippen molar-refractivity contribution < 1.29 is 18.7 Å². The Balaban J connectivity index is 1.34. The Morgan fingerprint density at radius 1 is 1.11 bits per heavy atom. The van der Waals surface area contributed by atoms with Gasteiger partial charge in [-0.15, -0.1) is 0 Å². The molecule has 1 aliphatic rings. The van der Waals surface area contributed by atoms with Crippen molar-refractivity contribution in [1.82, 2.24) is 14.5 Å². The van der Waals surface area contributed by atoms with E-state index in [4.69, 9.17) is 16.3 Å². The quantitative estimate of drug-likeness (QED) is 0.393.